The second kappa shape index (κ2) is 5.32. The largest absolute Gasteiger partial charge is 0.478 e. The predicted molar refractivity (Wildman–Crippen MR) is 73.3 cm³/mol. The zero-order chi connectivity index (χ0) is 14.8. The summed E-state index contributed by atoms with van der Waals surface area (Å²) in [5.41, 5.74) is 1.05. The lowest BCUT2D eigenvalue weighted by molar-refractivity contribution is 0.0697. The van der Waals surface area contributed by atoms with E-state index in [9.17, 15) is 9.18 Å². The van der Waals surface area contributed by atoms with Crippen LogP contribution in [0.1, 0.15) is 15.9 Å². The van der Waals surface area contributed by atoms with E-state index in [-0.39, 0.29) is 18.0 Å². The molecule has 0 amide bonds. The van der Waals surface area contributed by atoms with Crippen LogP contribution in [0.15, 0.2) is 36.4 Å². The van der Waals surface area contributed by atoms with Gasteiger partial charge in [-0.3, -0.25) is 0 Å². The van der Waals surface area contributed by atoms with Gasteiger partial charge in [-0.25, -0.2) is 9.18 Å². The molecule has 0 saturated carbocycles. The summed E-state index contributed by atoms with van der Waals surface area (Å²) in [5.74, 6) is -0.270. The molecular formula is C15H12FNO4. The Morgan fingerprint density at radius 2 is 2.00 bits per heavy atom. The molecule has 6 heteroatoms. The summed E-state index contributed by atoms with van der Waals surface area (Å²) < 4.78 is 24.1. The average molecular weight is 289 g/mol. The summed E-state index contributed by atoms with van der Waals surface area (Å²) >= 11 is 0. The molecule has 1 heterocycles. The van der Waals surface area contributed by atoms with Crippen LogP contribution in [0, 0.1) is 5.82 Å². The van der Waals surface area contributed by atoms with Crippen molar-refractivity contribution in [3.63, 3.8) is 0 Å². The van der Waals surface area contributed by atoms with E-state index in [1.54, 1.807) is 12.1 Å². The van der Waals surface area contributed by atoms with Gasteiger partial charge in [-0.2, -0.15) is 0 Å². The maximum atomic E-state index is 13.7. The third kappa shape index (κ3) is 2.74. The Morgan fingerprint density at radius 3 is 2.81 bits per heavy atom. The zero-order valence-corrected chi connectivity index (χ0v) is 10.9. The second-order valence-corrected chi connectivity index (χ2v) is 4.54. The van der Waals surface area contributed by atoms with Crippen molar-refractivity contribution in [2.45, 2.75) is 6.54 Å². The smallest absolute Gasteiger partial charge is 0.335 e. The summed E-state index contributed by atoms with van der Waals surface area (Å²) in [6.07, 6.45) is 0. The molecule has 0 fully saturated rings. The molecule has 2 aromatic rings. The van der Waals surface area contributed by atoms with Gasteiger partial charge in [0.15, 0.2) is 11.5 Å². The minimum absolute atomic E-state index is 0.0320. The second-order valence-electron chi connectivity index (χ2n) is 4.54. The fourth-order valence-electron chi connectivity index (χ4n) is 2.04. The van der Waals surface area contributed by atoms with Crippen molar-refractivity contribution in [1.29, 1.82) is 0 Å². The maximum Gasteiger partial charge on any atom is 0.335 e. The lowest BCUT2D eigenvalue weighted by atomic mass is 10.1. The van der Waals surface area contributed by atoms with Crippen molar-refractivity contribution in [3.05, 3.63) is 53.3 Å². The van der Waals surface area contributed by atoms with Crippen LogP contribution in [-0.2, 0) is 6.54 Å². The standard InChI is InChI=1S/C15H12FNO4/c16-11-3-2-10(15(18)19)6-12(11)17-7-9-1-4-13-14(5-9)21-8-20-13/h1-6,17H,7-8H2,(H,18,19). The molecule has 5 nitrogen and oxygen atoms in total. The number of hydrogen-bond donors (Lipinski definition) is 2. The highest BCUT2D eigenvalue weighted by Crippen LogP contribution is 2.32. The van der Waals surface area contributed by atoms with Crippen LogP contribution in [-0.4, -0.2) is 17.9 Å². The third-order valence-corrected chi connectivity index (χ3v) is 3.13. The molecule has 3 rings (SSSR count). The van der Waals surface area contributed by atoms with Gasteiger partial charge in [-0.05, 0) is 35.9 Å². The van der Waals surface area contributed by atoms with E-state index in [1.165, 1.54) is 12.1 Å². The van der Waals surface area contributed by atoms with E-state index >= 15 is 0 Å². The van der Waals surface area contributed by atoms with Crippen LogP contribution in [0.5, 0.6) is 11.5 Å². The van der Waals surface area contributed by atoms with Gasteiger partial charge in [0.1, 0.15) is 5.82 Å². The molecule has 1 aliphatic heterocycles. The van der Waals surface area contributed by atoms with Gasteiger partial charge >= 0.3 is 5.97 Å². The van der Waals surface area contributed by atoms with Crippen LogP contribution in [0.2, 0.25) is 0 Å². The molecule has 21 heavy (non-hydrogen) atoms. The van der Waals surface area contributed by atoms with Gasteiger partial charge < -0.3 is 19.9 Å². The number of ether oxygens (including phenoxy) is 2. The quantitative estimate of drug-likeness (QED) is 0.906. The van der Waals surface area contributed by atoms with Gasteiger partial charge in [0.25, 0.3) is 0 Å². The summed E-state index contributed by atoms with van der Waals surface area (Å²) in [6, 6.07) is 9.04. The lowest BCUT2D eigenvalue weighted by Gasteiger charge is -2.09. The van der Waals surface area contributed by atoms with E-state index < -0.39 is 11.8 Å². The number of carboxylic acid groups (broad SMARTS) is 1. The molecule has 108 valence electrons. The summed E-state index contributed by atoms with van der Waals surface area (Å²) in [7, 11) is 0. The fraction of sp³-hybridized carbons (Fsp3) is 0.133. The normalized spacial score (nSPS) is 12.2. The van der Waals surface area contributed by atoms with Gasteiger partial charge in [0.05, 0.1) is 11.3 Å². The van der Waals surface area contributed by atoms with E-state index in [4.69, 9.17) is 14.6 Å². The SMILES string of the molecule is O=C(O)c1ccc(F)c(NCc2ccc3c(c2)OCO3)c1. The highest BCUT2D eigenvalue weighted by Gasteiger charge is 2.13. The van der Waals surface area contributed by atoms with Crippen LogP contribution >= 0.6 is 0 Å². The van der Waals surface area contributed by atoms with Crippen LogP contribution in [0.25, 0.3) is 0 Å². The molecule has 0 aliphatic carbocycles. The monoisotopic (exact) mass is 289 g/mol. The van der Waals surface area contributed by atoms with E-state index in [1.807, 2.05) is 6.07 Å². The van der Waals surface area contributed by atoms with Gasteiger partial charge in [0.2, 0.25) is 6.79 Å². The first-order valence-corrected chi connectivity index (χ1v) is 6.29. The van der Waals surface area contributed by atoms with Crippen molar-refractivity contribution >= 4 is 11.7 Å². The minimum Gasteiger partial charge on any atom is -0.478 e. The predicted octanol–water partition coefficient (Wildman–Crippen LogP) is 2.86. The molecule has 0 saturated heterocycles. The third-order valence-electron chi connectivity index (χ3n) is 3.13. The van der Waals surface area contributed by atoms with E-state index in [0.717, 1.165) is 11.6 Å². The molecule has 0 atom stereocenters. The van der Waals surface area contributed by atoms with E-state index in [0.29, 0.717) is 18.0 Å². The highest BCUT2D eigenvalue weighted by molar-refractivity contribution is 5.88. The molecule has 0 spiro atoms. The Hall–Kier alpha value is -2.76. The number of halogens is 1. The summed E-state index contributed by atoms with van der Waals surface area (Å²) in [6.45, 7) is 0.540. The first-order valence-electron chi connectivity index (χ1n) is 6.29. The molecule has 0 bridgehead atoms. The van der Waals surface area contributed by atoms with Crippen molar-refractivity contribution in [1.82, 2.24) is 0 Å². The van der Waals surface area contributed by atoms with Gasteiger partial charge in [0, 0.05) is 6.54 Å². The Balaban J connectivity index is 1.75. The number of rotatable bonds is 4. The molecular weight excluding hydrogens is 277 g/mol. The number of carboxylic acids is 1. The molecule has 0 radical (unpaired) electrons. The number of carbonyl (C=O) groups is 1. The van der Waals surface area contributed by atoms with Crippen molar-refractivity contribution in [2.24, 2.45) is 0 Å². The van der Waals surface area contributed by atoms with E-state index in [2.05, 4.69) is 5.32 Å². The van der Waals surface area contributed by atoms with Crippen LogP contribution in [0.4, 0.5) is 10.1 Å². The molecule has 0 unspecified atom stereocenters. The number of hydrogen-bond acceptors (Lipinski definition) is 4. The number of anilines is 1. The first kappa shape index (κ1) is 13.2. The average Bonchev–Trinajstić information content (AvgIpc) is 2.93. The van der Waals surface area contributed by atoms with Crippen LogP contribution < -0.4 is 14.8 Å². The number of nitrogens with one attached hydrogen (secondary N) is 1. The fourth-order valence-corrected chi connectivity index (χ4v) is 2.04. The maximum absolute atomic E-state index is 13.7. The van der Waals surface area contributed by atoms with Crippen molar-refractivity contribution < 1.29 is 23.8 Å². The topological polar surface area (TPSA) is 67.8 Å². The zero-order valence-electron chi connectivity index (χ0n) is 10.9. The first-order chi connectivity index (χ1) is 10.1. The Bertz CT molecular complexity index is 702. The van der Waals surface area contributed by atoms with Crippen LogP contribution in [0.3, 0.4) is 0 Å². The minimum atomic E-state index is -1.10. The van der Waals surface area contributed by atoms with Crippen molar-refractivity contribution in [3.8, 4) is 11.5 Å². The Labute approximate surface area is 119 Å². The molecule has 2 N–H and O–H groups in total. The van der Waals surface area contributed by atoms with Crippen molar-refractivity contribution in [2.75, 3.05) is 12.1 Å². The highest BCUT2D eigenvalue weighted by atomic mass is 19.1. The van der Waals surface area contributed by atoms with Gasteiger partial charge in [-0.1, -0.05) is 6.07 Å². The lowest BCUT2D eigenvalue weighted by Crippen LogP contribution is -2.04. The Morgan fingerprint density at radius 1 is 1.19 bits per heavy atom. The number of aromatic carboxylic acids is 1. The number of benzene rings is 2. The Kier molecular flexibility index (Phi) is 3.35. The summed E-state index contributed by atoms with van der Waals surface area (Å²) in [4.78, 5) is 10.9. The summed E-state index contributed by atoms with van der Waals surface area (Å²) in [5, 5.41) is 11.8. The molecule has 1 aliphatic rings. The van der Waals surface area contributed by atoms with Gasteiger partial charge in [-0.15, -0.1) is 0 Å². The molecule has 0 aromatic heterocycles. The molecule has 2 aromatic carbocycles. The number of fused-ring (bicyclic) bond motifs is 1.